The number of ether oxygens (including phenoxy) is 4. The van der Waals surface area contributed by atoms with Crippen molar-refractivity contribution in [1.82, 2.24) is 24.6 Å². The number of fused-ring (bicyclic) bond motifs is 1. The van der Waals surface area contributed by atoms with E-state index in [1.165, 1.54) is 4.90 Å². The topological polar surface area (TPSA) is 138 Å². The number of hydrogen-bond acceptors (Lipinski definition) is 10. The molecular formula is C37H44N6O7. The van der Waals surface area contributed by atoms with Gasteiger partial charge >= 0.3 is 12.2 Å². The van der Waals surface area contributed by atoms with Gasteiger partial charge in [-0.2, -0.15) is 9.78 Å². The average Bonchev–Trinajstić information content (AvgIpc) is 3.74. The number of nitrogens with zero attached hydrogens (tertiary/aromatic N) is 6. The number of likely N-dealkylation sites (N-methyl/N-ethyl adjacent to an activating group) is 1. The van der Waals surface area contributed by atoms with Gasteiger partial charge in [0.05, 0.1) is 30.8 Å². The molecule has 2 amide bonds. The molecule has 0 saturated heterocycles. The van der Waals surface area contributed by atoms with E-state index < -0.39 is 23.4 Å². The molecule has 2 aromatic heterocycles. The summed E-state index contributed by atoms with van der Waals surface area (Å²) in [6, 6.07) is 14.4. The molecule has 0 saturated carbocycles. The molecule has 5 rings (SSSR count). The first kappa shape index (κ1) is 36.0. The van der Waals surface area contributed by atoms with Gasteiger partial charge in [0.2, 0.25) is 0 Å². The van der Waals surface area contributed by atoms with Gasteiger partial charge < -0.3 is 23.8 Å². The van der Waals surface area contributed by atoms with Crippen LogP contribution in [0.3, 0.4) is 0 Å². The number of carbonyl (C=O) groups excluding carboxylic acids is 3. The third-order valence-corrected chi connectivity index (χ3v) is 7.54. The third kappa shape index (κ3) is 8.64. The number of aromatic nitrogens is 4. The highest BCUT2D eigenvalue weighted by Gasteiger charge is 2.32. The highest BCUT2D eigenvalue weighted by Crippen LogP contribution is 2.36. The fourth-order valence-electron chi connectivity index (χ4n) is 5.19. The maximum absolute atomic E-state index is 13.9. The number of amides is 2. The molecule has 4 aromatic rings. The second-order valence-electron chi connectivity index (χ2n) is 13.7. The van der Waals surface area contributed by atoms with Crippen LogP contribution in [0.5, 0.6) is 5.75 Å². The van der Waals surface area contributed by atoms with E-state index in [0.29, 0.717) is 58.6 Å². The summed E-state index contributed by atoms with van der Waals surface area (Å²) in [6.45, 7) is 16.2. The first-order valence-electron chi connectivity index (χ1n) is 16.6. The lowest BCUT2D eigenvalue weighted by Gasteiger charge is -2.28. The summed E-state index contributed by atoms with van der Waals surface area (Å²) < 4.78 is 24.1. The smallest absolute Gasteiger partial charge is 0.435 e. The minimum absolute atomic E-state index is 0.0977. The Morgan fingerprint density at radius 2 is 1.56 bits per heavy atom. The zero-order valence-electron chi connectivity index (χ0n) is 29.9. The molecule has 50 heavy (non-hydrogen) atoms. The van der Waals surface area contributed by atoms with Crippen LogP contribution in [0.15, 0.2) is 60.9 Å². The van der Waals surface area contributed by atoms with Crippen molar-refractivity contribution in [2.45, 2.75) is 79.8 Å². The molecule has 0 aliphatic carbocycles. The normalized spacial score (nSPS) is 12.6. The van der Waals surface area contributed by atoms with E-state index in [2.05, 4.69) is 5.10 Å². The van der Waals surface area contributed by atoms with Gasteiger partial charge in [-0.05, 0) is 85.2 Å². The van der Waals surface area contributed by atoms with E-state index in [1.807, 2.05) is 32.0 Å². The predicted octanol–water partition coefficient (Wildman–Crippen LogP) is 7.14. The third-order valence-electron chi connectivity index (χ3n) is 7.54. The first-order chi connectivity index (χ1) is 23.7. The van der Waals surface area contributed by atoms with Gasteiger partial charge in [0.15, 0.2) is 18.2 Å². The molecule has 0 unspecified atom stereocenters. The number of carbonyl (C=O) groups is 3. The van der Waals surface area contributed by atoms with Crippen molar-refractivity contribution >= 4 is 29.6 Å². The molecule has 0 radical (unpaired) electrons. The number of anilines is 2. The second-order valence-corrected chi connectivity index (χ2v) is 13.7. The zero-order chi connectivity index (χ0) is 36.2. The summed E-state index contributed by atoms with van der Waals surface area (Å²) in [6.07, 6.45) is 1.95. The summed E-state index contributed by atoms with van der Waals surface area (Å²) >= 11 is 0. The molecule has 264 valence electrons. The molecule has 0 atom stereocenters. The van der Waals surface area contributed by atoms with E-state index in [1.54, 1.807) is 89.2 Å². The largest absolute Gasteiger partial charge is 0.484 e. The summed E-state index contributed by atoms with van der Waals surface area (Å²) in [5.74, 6) is 1.05. The highest BCUT2D eigenvalue weighted by molar-refractivity contribution is 5.96. The fraction of sp³-hybridized carbons (Fsp3) is 0.405. The van der Waals surface area contributed by atoms with Crippen LogP contribution in [-0.4, -0.2) is 73.6 Å². The van der Waals surface area contributed by atoms with Gasteiger partial charge in [-0.25, -0.2) is 24.5 Å². The van der Waals surface area contributed by atoms with Crippen LogP contribution in [0.25, 0.3) is 22.5 Å². The van der Waals surface area contributed by atoms with E-state index in [0.717, 1.165) is 10.2 Å². The Hall–Kier alpha value is -5.30. The van der Waals surface area contributed by atoms with Crippen LogP contribution in [0, 0.1) is 0 Å². The Balaban J connectivity index is 1.50. The SMILES string of the molecule is CCN(CC)C(=O)COc1cccc(-c2nc3c(c(N(C(=O)OC(C)(C)C)c4ccc(-c5cnn(C(=O)OC(C)(C)C)c5)cc4)n2)COC3)c1. The summed E-state index contributed by atoms with van der Waals surface area (Å²) in [5.41, 5.74) is 2.43. The summed E-state index contributed by atoms with van der Waals surface area (Å²) in [7, 11) is 0. The van der Waals surface area contributed by atoms with Gasteiger partial charge in [-0.1, -0.05) is 24.3 Å². The van der Waals surface area contributed by atoms with Crippen molar-refractivity contribution in [2.24, 2.45) is 0 Å². The van der Waals surface area contributed by atoms with Crippen LogP contribution in [0.4, 0.5) is 21.1 Å². The number of hydrogen-bond donors (Lipinski definition) is 0. The maximum Gasteiger partial charge on any atom is 0.435 e. The minimum Gasteiger partial charge on any atom is -0.484 e. The van der Waals surface area contributed by atoms with Crippen molar-refractivity contribution in [3.63, 3.8) is 0 Å². The van der Waals surface area contributed by atoms with Crippen molar-refractivity contribution < 1.29 is 33.3 Å². The molecule has 13 heteroatoms. The van der Waals surface area contributed by atoms with Gasteiger partial charge in [-0.15, -0.1) is 0 Å². The second kappa shape index (κ2) is 14.7. The minimum atomic E-state index is -0.796. The van der Waals surface area contributed by atoms with Crippen LogP contribution >= 0.6 is 0 Å². The van der Waals surface area contributed by atoms with Crippen LogP contribution < -0.4 is 9.64 Å². The predicted molar refractivity (Wildman–Crippen MR) is 187 cm³/mol. The Morgan fingerprint density at radius 3 is 2.22 bits per heavy atom. The zero-order valence-corrected chi connectivity index (χ0v) is 29.9. The molecule has 0 N–H and O–H groups in total. The lowest BCUT2D eigenvalue weighted by atomic mass is 10.1. The molecule has 0 spiro atoms. The number of rotatable bonds is 9. The molecule has 3 heterocycles. The van der Waals surface area contributed by atoms with Gasteiger partial charge in [-0.3, -0.25) is 4.79 Å². The van der Waals surface area contributed by atoms with Crippen LogP contribution in [0.2, 0.25) is 0 Å². The van der Waals surface area contributed by atoms with Gasteiger partial charge in [0.25, 0.3) is 5.91 Å². The Kier molecular flexibility index (Phi) is 10.6. The Morgan fingerprint density at radius 1 is 0.860 bits per heavy atom. The van der Waals surface area contributed by atoms with Crippen LogP contribution in [-0.2, 0) is 32.2 Å². The summed E-state index contributed by atoms with van der Waals surface area (Å²) in [5, 5.41) is 4.17. The average molecular weight is 685 g/mol. The molecule has 1 aliphatic rings. The van der Waals surface area contributed by atoms with Crippen molar-refractivity contribution in [1.29, 1.82) is 0 Å². The monoisotopic (exact) mass is 684 g/mol. The van der Waals surface area contributed by atoms with E-state index in [-0.39, 0.29) is 25.7 Å². The molecule has 1 aliphatic heterocycles. The van der Waals surface area contributed by atoms with Gasteiger partial charge in [0.1, 0.15) is 17.0 Å². The van der Waals surface area contributed by atoms with Crippen molar-refractivity contribution in [2.75, 3.05) is 24.6 Å². The quantitative estimate of drug-likeness (QED) is 0.179. The highest BCUT2D eigenvalue weighted by atomic mass is 16.6. The van der Waals surface area contributed by atoms with Gasteiger partial charge in [0, 0.05) is 36.0 Å². The Bertz CT molecular complexity index is 1850. The molecule has 0 fully saturated rings. The number of benzene rings is 2. The maximum atomic E-state index is 13.9. The lowest BCUT2D eigenvalue weighted by molar-refractivity contribution is -0.132. The molecule has 2 aromatic carbocycles. The standard InChI is InChI=1S/C37H44N6O7/c1-9-41(10-2)31(44)23-48-28-13-11-12-25(18-28)32-39-30-22-47-21-29(30)33(40-32)43(35(46)50-37(6,7)8)27-16-14-24(15-17-27)26-19-38-42(20-26)34(45)49-36(3,4)5/h11-20H,9-10,21-23H2,1-8H3. The molecule has 13 nitrogen and oxygen atoms in total. The lowest BCUT2D eigenvalue weighted by Crippen LogP contribution is -2.35. The van der Waals surface area contributed by atoms with E-state index >= 15 is 0 Å². The molecular weight excluding hydrogens is 640 g/mol. The van der Waals surface area contributed by atoms with Crippen LogP contribution in [0.1, 0.15) is 66.6 Å². The summed E-state index contributed by atoms with van der Waals surface area (Å²) in [4.78, 5) is 51.8. The van der Waals surface area contributed by atoms with E-state index in [9.17, 15) is 14.4 Å². The van der Waals surface area contributed by atoms with Crippen molar-refractivity contribution in [3.8, 4) is 28.3 Å². The fourth-order valence-corrected chi connectivity index (χ4v) is 5.19. The molecule has 0 bridgehead atoms. The van der Waals surface area contributed by atoms with E-state index in [4.69, 9.17) is 28.9 Å². The Labute approximate surface area is 292 Å². The van der Waals surface area contributed by atoms with Crippen molar-refractivity contribution in [3.05, 3.63) is 72.2 Å². The first-order valence-corrected chi connectivity index (χ1v) is 16.6.